The standard InChI is InChI=1S/C20H36N2O2/c1-20(2,3)19(24)21-13-9-8-12-17-18(23)15-10-6-4-5-7-11-16(14-15)22-17/h15-17,22H,4-14H2,1-3H3,(H,21,24). The first-order chi connectivity index (χ1) is 11.4. The van der Waals surface area contributed by atoms with Crippen LogP contribution in [0.3, 0.4) is 0 Å². The van der Waals surface area contributed by atoms with E-state index in [0.717, 1.165) is 32.1 Å². The molecule has 3 unspecified atom stereocenters. The highest BCUT2D eigenvalue weighted by atomic mass is 16.2. The van der Waals surface area contributed by atoms with Crippen LogP contribution in [0.25, 0.3) is 0 Å². The lowest BCUT2D eigenvalue weighted by atomic mass is 9.81. The van der Waals surface area contributed by atoms with Crippen molar-refractivity contribution < 1.29 is 9.59 Å². The van der Waals surface area contributed by atoms with Gasteiger partial charge in [0.15, 0.2) is 5.78 Å². The van der Waals surface area contributed by atoms with E-state index < -0.39 is 0 Å². The number of carbonyl (C=O) groups is 2. The monoisotopic (exact) mass is 336 g/mol. The van der Waals surface area contributed by atoms with Crippen LogP contribution in [0.5, 0.6) is 0 Å². The van der Waals surface area contributed by atoms with Gasteiger partial charge in [-0.2, -0.15) is 0 Å². The molecule has 3 atom stereocenters. The lowest BCUT2D eigenvalue weighted by Crippen LogP contribution is -2.52. The Hall–Kier alpha value is -0.900. The Morgan fingerprint density at radius 3 is 2.54 bits per heavy atom. The molecule has 1 aliphatic carbocycles. The summed E-state index contributed by atoms with van der Waals surface area (Å²) in [6.45, 7) is 6.50. The molecule has 0 spiro atoms. The Bertz CT molecular complexity index is 428. The molecule has 0 aromatic rings. The molecule has 24 heavy (non-hydrogen) atoms. The van der Waals surface area contributed by atoms with Gasteiger partial charge in [-0.15, -0.1) is 0 Å². The maximum absolute atomic E-state index is 12.7. The van der Waals surface area contributed by atoms with Crippen LogP contribution < -0.4 is 10.6 Å². The fourth-order valence-corrected chi connectivity index (χ4v) is 3.94. The fraction of sp³-hybridized carbons (Fsp3) is 0.900. The average molecular weight is 337 g/mol. The van der Waals surface area contributed by atoms with Gasteiger partial charge >= 0.3 is 0 Å². The molecule has 138 valence electrons. The SMILES string of the molecule is CC(C)(C)C(=O)NCCCCC1NC2CCCCCCC(C2)C1=O. The molecule has 0 aromatic carbocycles. The number of nitrogens with one attached hydrogen (secondary N) is 2. The van der Waals surface area contributed by atoms with E-state index in [-0.39, 0.29) is 17.4 Å². The molecule has 4 nitrogen and oxygen atoms in total. The number of hydrogen-bond acceptors (Lipinski definition) is 3. The van der Waals surface area contributed by atoms with Crippen molar-refractivity contribution in [2.75, 3.05) is 6.54 Å². The third kappa shape index (κ3) is 5.87. The van der Waals surface area contributed by atoms with Crippen molar-refractivity contribution in [1.82, 2.24) is 10.6 Å². The molecule has 1 heterocycles. The smallest absolute Gasteiger partial charge is 0.225 e. The molecule has 0 aromatic heterocycles. The maximum Gasteiger partial charge on any atom is 0.225 e. The summed E-state index contributed by atoms with van der Waals surface area (Å²) in [5.41, 5.74) is -0.326. The number of fused-ring (bicyclic) bond motifs is 2. The fourth-order valence-electron chi connectivity index (χ4n) is 3.94. The lowest BCUT2D eigenvalue weighted by molar-refractivity contribution is -0.129. The first kappa shape index (κ1) is 19.4. The maximum atomic E-state index is 12.7. The quantitative estimate of drug-likeness (QED) is 0.754. The second-order valence-electron chi connectivity index (χ2n) is 8.74. The van der Waals surface area contributed by atoms with Crippen molar-refractivity contribution in [1.29, 1.82) is 0 Å². The molecule has 2 fully saturated rings. The molecule has 2 bridgehead atoms. The van der Waals surface area contributed by atoms with Gasteiger partial charge in [0.2, 0.25) is 5.91 Å². The van der Waals surface area contributed by atoms with Gasteiger partial charge in [0, 0.05) is 23.9 Å². The topological polar surface area (TPSA) is 58.2 Å². The number of ketones is 1. The minimum Gasteiger partial charge on any atom is -0.356 e. The van der Waals surface area contributed by atoms with Gasteiger partial charge in [-0.3, -0.25) is 9.59 Å². The van der Waals surface area contributed by atoms with E-state index in [1.54, 1.807) is 0 Å². The van der Waals surface area contributed by atoms with E-state index in [1.165, 1.54) is 32.1 Å². The highest BCUT2D eigenvalue weighted by Gasteiger charge is 2.35. The van der Waals surface area contributed by atoms with Gasteiger partial charge in [0.1, 0.15) is 0 Å². The summed E-state index contributed by atoms with van der Waals surface area (Å²) in [5, 5.41) is 6.61. The third-order valence-corrected chi connectivity index (χ3v) is 5.49. The van der Waals surface area contributed by atoms with Gasteiger partial charge in [0.05, 0.1) is 6.04 Å². The zero-order valence-electron chi connectivity index (χ0n) is 15.8. The van der Waals surface area contributed by atoms with E-state index in [1.807, 2.05) is 20.8 Å². The highest BCUT2D eigenvalue weighted by Crippen LogP contribution is 2.29. The number of piperidine rings is 1. The number of Topliss-reactive ketones (excluding diaryl/α,β-unsaturated/α-hetero) is 1. The zero-order chi connectivity index (χ0) is 17.6. The van der Waals surface area contributed by atoms with E-state index in [0.29, 0.717) is 24.3 Å². The molecule has 0 radical (unpaired) electrons. The average Bonchev–Trinajstić information content (AvgIpc) is 2.61. The Morgan fingerprint density at radius 2 is 1.83 bits per heavy atom. The summed E-state index contributed by atoms with van der Waals surface area (Å²) in [7, 11) is 0. The van der Waals surface area contributed by atoms with Crippen LogP contribution >= 0.6 is 0 Å². The van der Waals surface area contributed by atoms with Gasteiger partial charge in [-0.1, -0.05) is 46.5 Å². The molecule has 2 aliphatic rings. The highest BCUT2D eigenvalue weighted by molar-refractivity contribution is 5.87. The van der Waals surface area contributed by atoms with Crippen LogP contribution in [0.15, 0.2) is 0 Å². The van der Waals surface area contributed by atoms with Crippen molar-refractivity contribution in [3.8, 4) is 0 Å². The van der Waals surface area contributed by atoms with Crippen molar-refractivity contribution in [3.63, 3.8) is 0 Å². The lowest BCUT2D eigenvalue weighted by Gasteiger charge is -2.35. The van der Waals surface area contributed by atoms with E-state index in [2.05, 4.69) is 10.6 Å². The van der Waals surface area contributed by atoms with Crippen LogP contribution in [0.1, 0.15) is 85.0 Å². The van der Waals surface area contributed by atoms with Crippen molar-refractivity contribution in [2.24, 2.45) is 11.3 Å². The Morgan fingerprint density at radius 1 is 1.12 bits per heavy atom. The van der Waals surface area contributed by atoms with Crippen molar-refractivity contribution in [2.45, 2.75) is 97.1 Å². The molecular formula is C20H36N2O2. The molecule has 2 N–H and O–H groups in total. The number of carbonyl (C=O) groups excluding carboxylic acids is 2. The van der Waals surface area contributed by atoms with E-state index >= 15 is 0 Å². The molecular weight excluding hydrogens is 300 g/mol. The first-order valence-electron chi connectivity index (χ1n) is 9.96. The largest absolute Gasteiger partial charge is 0.356 e. The summed E-state index contributed by atoms with van der Waals surface area (Å²) in [6.07, 6.45) is 11.3. The summed E-state index contributed by atoms with van der Waals surface area (Å²) in [5.74, 6) is 0.847. The van der Waals surface area contributed by atoms with Crippen molar-refractivity contribution >= 4 is 11.7 Å². The van der Waals surface area contributed by atoms with Gasteiger partial charge in [0.25, 0.3) is 0 Å². The third-order valence-electron chi connectivity index (χ3n) is 5.49. The van der Waals surface area contributed by atoms with E-state index in [4.69, 9.17) is 0 Å². The Balaban J connectivity index is 1.73. The Kier molecular flexibility index (Phi) is 7.27. The van der Waals surface area contributed by atoms with Crippen molar-refractivity contribution in [3.05, 3.63) is 0 Å². The number of rotatable bonds is 5. The molecule has 1 aliphatic heterocycles. The minimum atomic E-state index is -0.326. The van der Waals surface area contributed by atoms with Gasteiger partial charge in [-0.25, -0.2) is 0 Å². The number of amides is 1. The molecule has 1 saturated carbocycles. The normalized spacial score (nSPS) is 28.6. The number of unbranched alkanes of at least 4 members (excludes halogenated alkanes) is 1. The zero-order valence-corrected chi connectivity index (χ0v) is 15.8. The molecule has 1 amide bonds. The van der Waals surface area contributed by atoms with Crippen LogP contribution in [0, 0.1) is 11.3 Å². The minimum absolute atomic E-state index is 0.0465. The van der Waals surface area contributed by atoms with Gasteiger partial charge in [-0.05, 0) is 38.5 Å². The van der Waals surface area contributed by atoms with Crippen LogP contribution in [-0.4, -0.2) is 30.3 Å². The van der Waals surface area contributed by atoms with Gasteiger partial charge < -0.3 is 10.6 Å². The second kappa shape index (κ2) is 8.98. The second-order valence-corrected chi connectivity index (χ2v) is 8.74. The predicted molar refractivity (Wildman–Crippen MR) is 97.8 cm³/mol. The predicted octanol–water partition coefficient (Wildman–Crippen LogP) is 3.59. The van der Waals surface area contributed by atoms with Crippen LogP contribution in [-0.2, 0) is 9.59 Å². The Labute approximate surface area is 147 Å². The molecule has 1 saturated heterocycles. The molecule has 4 heteroatoms. The van der Waals surface area contributed by atoms with Crippen LogP contribution in [0.4, 0.5) is 0 Å². The van der Waals surface area contributed by atoms with Crippen LogP contribution in [0.2, 0.25) is 0 Å². The molecule has 2 rings (SSSR count). The summed E-state index contributed by atoms with van der Waals surface area (Å²) >= 11 is 0. The summed E-state index contributed by atoms with van der Waals surface area (Å²) in [4.78, 5) is 24.5. The summed E-state index contributed by atoms with van der Waals surface area (Å²) < 4.78 is 0. The number of hydrogen-bond donors (Lipinski definition) is 2. The van der Waals surface area contributed by atoms with E-state index in [9.17, 15) is 9.59 Å². The first-order valence-corrected chi connectivity index (χ1v) is 9.96. The summed E-state index contributed by atoms with van der Waals surface area (Å²) in [6, 6.07) is 0.585.